The molecule has 0 radical (unpaired) electrons. The fourth-order valence-electron chi connectivity index (χ4n) is 1.35. The quantitative estimate of drug-likeness (QED) is 0.832. The second kappa shape index (κ2) is 6.09. The van der Waals surface area contributed by atoms with Crippen LogP contribution in [-0.2, 0) is 4.74 Å². The maximum absolute atomic E-state index is 13.0. The molecule has 1 rings (SSSR count). The number of ether oxygens (including phenoxy) is 1. The maximum atomic E-state index is 13.0. The van der Waals surface area contributed by atoms with Crippen LogP contribution in [0.1, 0.15) is 18.9 Å². The average Bonchev–Trinajstić information content (AvgIpc) is 2.29. The Kier molecular flexibility index (Phi) is 4.74. The van der Waals surface area contributed by atoms with Crippen LogP contribution < -0.4 is 5.32 Å². The van der Waals surface area contributed by atoms with E-state index in [2.05, 4.69) is 5.32 Å². The summed E-state index contributed by atoms with van der Waals surface area (Å²) < 4.78 is 18.0. The first-order valence-electron chi connectivity index (χ1n) is 5.12. The van der Waals surface area contributed by atoms with Crippen molar-refractivity contribution in [2.75, 3.05) is 19.0 Å². The molecule has 0 aliphatic carbocycles. The summed E-state index contributed by atoms with van der Waals surface area (Å²) in [5.41, 5.74) is 0.811. The van der Waals surface area contributed by atoms with E-state index in [0.29, 0.717) is 6.61 Å². The van der Waals surface area contributed by atoms with Crippen molar-refractivity contribution >= 4 is 5.69 Å². The number of nitriles is 1. The third-order valence-corrected chi connectivity index (χ3v) is 2.25. The van der Waals surface area contributed by atoms with Crippen molar-refractivity contribution in [1.29, 1.82) is 5.26 Å². The Balaban J connectivity index is 2.64. The lowest BCUT2D eigenvalue weighted by Gasteiger charge is -2.14. The molecular formula is C12H15FN2O. The zero-order valence-corrected chi connectivity index (χ0v) is 9.46. The number of benzene rings is 1. The van der Waals surface area contributed by atoms with Gasteiger partial charge in [-0.25, -0.2) is 4.39 Å². The molecule has 0 aromatic heterocycles. The van der Waals surface area contributed by atoms with Gasteiger partial charge in [0.15, 0.2) is 0 Å². The van der Waals surface area contributed by atoms with E-state index in [1.54, 1.807) is 13.2 Å². The van der Waals surface area contributed by atoms with Crippen LogP contribution in [0, 0.1) is 17.1 Å². The lowest BCUT2D eigenvalue weighted by Crippen LogP contribution is -2.17. The van der Waals surface area contributed by atoms with Gasteiger partial charge in [0, 0.05) is 25.4 Å². The van der Waals surface area contributed by atoms with Gasteiger partial charge in [-0.05, 0) is 31.5 Å². The molecule has 0 saturated carbocycles. The Morgan fingerprint density at radius 2 is 2.31 bits per heavy atom. The summed E-state index contributed by atoms with van der Waals surface area (Å²) in [6.07, 6.45) is 0.857. The third-order valence-electron chi connectivity index (χ3n) is 2.25. The molecule has 0 heterocycles. The molecule has 1 atom stereocenters. The number of halogens is 1. The lowest BCUT2D eigenvalue weighted by atomic mass is 10.1. The van der Waals surface area contributed by atoms with Gasteiger partial charge in [0.25, 0.3) is 0 Å². The van der Waals surface area contributed by atoms with Gasteiger partial charge in [0.2, 0.25) is 0 Å². The highest BCUT2D eigenvalue weighted by atomic mass is 19.1. The molecule has 1 N–H and O–H groups in total. The van der Waals surface area contributed by atoms with Crippen LogP contribution in [0.4, 0.5) is 10.1 Å². The zero-order chi connectivity index (χ0) is 12.0. The molecule has 1 aromatic rings. The van der Waals surface area contributed by atoms with E-state index in [-0.39, 0.29) is 11.6 Å². The van der Waals surface area contributed by atoms with Crippen LogP contribution in [0.15, 0.2) is 18.2 Å². The number of anilines is 1. The summed E-state index contributed by atoms with van der Waals surface area (Å²) in [6, 6.07) is 6.46. The topological polar surface area (TPSA) is 45.0 Å². The van der Waals surface area contributed by atoms with Gasteiger partial charge in [-0.15, -0.1) is 0 Å². The van der Waals surface area contributed by atoms with Crippen LogP contribution in [0.3, 0.4) is 0 Å². The standard InChI is InChI=1S/C12H15FN2O/c1-9(5-6-16-2)15-11-3-4-12(13)10(7-11)8-14/h3-4,7,9,15H,5-6H2,1-2H3. The molecule has 1 unspecified atom stereocenters. The van der Waals surface area contributed by atoms with Crippen LogP contribution >= 0.6 is 0 Å². The number of methoxy groups -OCH3 is 1. The van der Waals surface area contributed by atoms with Gasteiger partial charge in [0.05, 0.1) is 5.56 Å². The fourth-order valence-corrected chi connectivity index (χ4v) is 1.35. The van der Waals surface area contributed by atoms with Crippen molar-refractivity contribution in [2.45, 2.75) is 19.4 Å². The summed E-state index contributed by atoms with van der Waals surface area (Å²) in [5, 5.41) is 11.9. The molecule has 0 amide bonds. The highest BCUT2D eigenvalue weighted by Crippen LogP contribution is 2.15. The normalized spacial score (nSPS) is 11.9. The van der Waals surface area contributed by atoms with Crippen LogP contribution in [0.25, 0.3) is 0 Å². The van der Waals surface area contributed by atoms with E-state index in [9.17, 15) is 4.39 Å². The predicted molar refractivity (Wildman–Crippen MR) is 60.7 cm³/mol. The third kappa shape index (κ3) is 3.52. The molecule has 0 saturated heterocycles. The van der Waals surface area contributed by atoms with Gasteiger partial charge < -0.3 is 10.1 Å². The molecule has 4 heteroatoms. The van der Waals surface area contributed by atoms with E-state index in [1.165, 1.54) is 12.1 Å². The average molecular weight is 222 g/mol. The Morgan fingerprint density at radius 3 is 2.94 bits per heavy atom. The number of hydrogen-bond acceptors (Lipinski definition) is 3. The van der Waals surface area contributed by atoms with Crippen molar-refractivity contribution in [2.24, 2.45) is 0 Å². The number of rotatable bonds is 5. The Hall–Kier alpha value is -1.60. The molecular weight excluding hydrogens is 207 g/mol. The Morgan fingerprint density at radius 1 is 1.56 bits per heavy atom. The van der Waals surface area contributed by atoms with Crippen LogP contribution in [-0.4, -0.2) is 19.8 Å². The van der Waals surface area contributed by atoms with Crippen molar-refractivity contribution in [3.05, 3.63) is 29.6 Å². The second-order valence-corrected chi connectivity index (χ2v) is 3.63. The molecule has 0 spiro atoms. The first kappa shape index (κ1) is 12.5. The monoisotopic (exact) mass is 222 g/mol. The molecule has 16 heavy (non-hydrogen) atoms. The number of hydrogen-bond donors (Lipinski definition) is 1. The molecule has 86 valence electrons. The first-order chi connectivity index (χ1) is 7.67. The van der Waals surface area contributed by atoms with Gasteiger partial charge in [-0.3, -0.25) is 0 Å². The SMILES string of the molecule is COCCC(C)Nc1ccc(F)c(C#N)c1. The molecule has 0 aliphatic rings. The van der Waals surface area contributed by atoms with Crippen molar-refractivity contribution < 1.29 is 9.13 Å². The molecule has 0 aliphatic heterocycles. The smallest absolute Gasteiger partial charge is 0.141 e. The van der Waals surface area contributed by atoms with Crippen molar-refractivity contribution in [3.63, 3.8) is 0 Å². The molecule has 0 fully saturated rings. The molecule has 3 nitrogen and oxygen atoms in total. The predicted octanol–water partition coefficient (Wildman–Crippen LogP) is 2.53. The van der Waals surface area contributed by atoms with E-state index in [0.717, 1.165) is 12.1 Å². The van der Waals surface area contributed by atoms with Crippen molar-refractivity contribution in [3.8, 4) is 6.07 Å². The number of nitrogens with one attached hydrogen (secondary N) is 1. The van der Waals surface area contributed by atoms with Crippen molar-refractivity contribution in [1.82, 2.24) is 0 Å². The second-order valence-electron chi connectivity index (χ2n) is 3.63. The Bertz CT molecular complexity index is 387. The largest absolute Gasteiger partial charge is 0.385 e. The minimum absolute atomic E-state index is 0.0592. The van der Waals surface area contributed by atoms with Gasteiger partial charge >= 0.3 is 0 Å². The minimum atomic E-state index is -0.488. The number of nitrogens with zero attached hydrogens (tertiary/aromatic N) is 1. The van der Waals surface area contributed by atoms with Gasteiger partial charge in [0.1, 0.15) is 11.9 Å². The van der Waals surface area contributed by atoms with Crippen LogP contribution in [0.5, 0.6) is 0 Å². The molecule has 0 bridgehead atoms. The summed E-state index contributed by atoms with van der Waals surface area (Å²) >= 11 is 0. The maximum Gasteiger partial charge on any atom is 0.141 e. The summed E-state index contributed by atoms with van der Waals surface area (Å²) in [4.78, 5) is 0. The van der Waals surface area contributed by atoms with E-state index < -0.39 is 5.82 Å². The zero-order valence-electron chi connectivity index (χ0n) is 9.46. The van der Waals surface area contributed by atoms with Crippen LogP contribution in [0.2, 0.25) is 0 Å². The summed E-state index contributed by atoms with van der Waals surface area (Å²) in [5.74, 6) is -0.488. The highest BCUT2D eigenvalue weighted by Gasteiger charge is 2.05. The lowest BCUT2D eigenvalue weighted by molar-refractivity contribution is 0.191. The van der Waals surface area contributed by atoms with E-state index in [1.807, 2.05) is 13.0 Å². The van der Waals surface area contributed by atoms with Gasteiger partial charge in [-0.2, -0.15) is 5.26 Å². The highest BCUT2D eigenvalue weighted by molar-refractivity contribution is 5.50. The molecule has 1 aromatic carbocycles. The minimum Gasteiger partial charge on any atom is -0.385 e. The summed E-state index contributed by atoms with van der Waals surface area (Å²) in [7, 11) is 1.65. The van der Waals surface area contributed by atoms with Gasteiger partial charge in [-0.1, -0.05) is 0 Å². The first-order valence-corrected chi connectivity index (χ1v) is 5.12. The fraction of sp³-hybridized carbons (Fsp3) is 0.417. The van der Waals surface area contributed by atoms with E-state index in [4.69, 9.17) is 10.00 Å². The Labute approximate surface area is 94.8 Å². The summed E-state index contributed by atoms with van der Waals surface area (Å²) in [6.45, 7) is 2.68. The van der Waals surface area contributed by atoms with E-state index >= 15 is 0 Å².